The fourth-order valence-corrected chi connectivity index (χ4v) is 2.51. The van der Waals surface area contributed by atoms with Crippen LogP contribution in [0.3, 0.4) is 0 Å². The maximum absolute atomic E-state index is 12.5. The Kier molecular flexibility index (Phi) is 5.52. The van der Waals surface area contributed by atoms with E-state index in [4.69, 9.17) is 0 Å². The first-order valence-electron chi connectivity index (χ1n) is 7.85. The number of nitrogens with one attached hydrogen (secondary N) is 2. The summed E-state index contributed by atoms with van der Waals surface area (Å²) in [5.41, 5.74) is 3.67. The molecule has 0 aliphatic heterocycles. The van der Waals surface area contributed by atoms with Crippen molar-refractivity contribution in [2.45, 2.75) is 27.2 Å². The second-order valence-electron chi connectivity index (χ2n) is 5.30. The summed E-state index contributed by atoms with van der Waals surface area (Å²) in [5.74, 6) is -0.284. The van der Waals surface area contributed by atoms with Gasteiger partial charge in [-0.15, -0.1) is 0 Å². The molecule has 0 bridgehead atoms. The Hall–Kier alpha value is -2.62. The quantitative estimate of drug-likeness (QED) is 0.887. The van der Waals surface area contributed by atoms with Gasteiger partial charge in [-0.25, -0.2) is 0 Å². The van der Waals surface area contributed by atoms with E-state index in [1.54, 1.807) is 12.1 Å². The zero-order valence-electron chi connectivity index (χ0n) is 13.8. The van der Waals surface area contributed by atoms with Crippen molar-refractivity contribution in [1.82, 2.24) is 5.32 Å². The van der Waals surface area contributed by atoms with E-state index in [1.807, 2.05) is 51.1 Å². The number of aryl methyl sites for hydroxylation is 1. The largest absolute Gasteiger partial charge is 0.352 e. The van der Waals surface area contributed by atoms with Crippen LogP contribution in [0.5, 0.6) is 0 Å². The highest BCUT2D eigenvalue weighted by molar-refractivity contribution is 6.06. The van der Waals surface area contributed by atoms with E-state index >= 15 is 0 Å². The van der Waals surface area contributed by atoms with Crippen LogP contribution in [-0.2, 0) is 6.42 Å². The maximum Gasteiger partial charge on any atom is 0.255 e. The van der Waals surface area contributed by atoms with Crippen molar-refractivity contribution >= 4 is 17.5 Å². The third kappa shape index (κ3) is 3.77. The van der Waals surface area contributed by atoms with Crippen molar-refractivity contribution in [2.75, 3.05) is 11.9 Å². The monoisotopic (exact) mass is 310 g/mol. The molecule has 2 aromatic rings. The first kappa shape index (κ1) is 16.7. The Balaban J connectivity index is 2.28. The molecule has 0 aliphatic carbocycles. The van der Waals surface area contributed by atoms with Crippen molar-refractivity contribution in [1.29, 1.82) is 0 Å². The minimum Gasteiger partial charge on any atom is -0.352 e. The summed E-state index contributed by atoms with van der Waals surface area (Å²) in [6.45, 7) is 6.30. The molecular weight excluding hydrogens is 288 g/mol. The molecule has 2 aromatic carbocycles. The molecular formula is C19H22N2O2. The zero-order chi connectivity index (χ0) is 16.8. The molecule has 2 amide bonds. The van der Waals surface area contributed by atoms with Gasteiger partial charge in [0.05, 0.1) is 0 Å². The second kappa shape index (κ2) is 7.58. The van der Waals surface area contributed by atoms with Crippen molar-refractivity contribution in [3.8, 4) is 0 Å². The van der Waals surface area contributed by atoms with Crippen LogP contribution < -0.4 is 10.6 Å². The smallest absolute Gasteiger partial charge is 0.255 e. The van der Waals surface area contributed by atoms with Gasteiger partial charge in [0.25, 0.3) is 11.8 Å². The Morgan fingerprint density at radius 1 is 0.913 bits per heavy atom. The number of hydrogen-bond donors (Lipinski definition) is 2. The normalized spacial score (nSPS) is 10.2. The third-order valence-corrected chi connectivity index (χ3v) is 3.81. The molecule has 0 saturated heterocycles. The summed E-state index contributed by atoms with van der Waals surface area (Å²) in [7, 11) is 0. The Morgan fingerprint density at radius 3 is 2.30 bits per heavy atom. The van der Waals surface area contributed by atoms with Crippen molar-refractivity contribution < 1.29 is 9.59 Å². The molecule has 23 heavy (non-hydrogen) atoms. The molecule has 120 valence electrons. The van der Waals surface area contributed by atoms with Crippen LogP contribution in [0.1, 0.15) is 45.7 Å². The SMILES string of the molecule is CCNC(=O)c1cccc(NC(=O)c2ccccc2CC)c1C. The van der Waals surface area contributed by atoms with E-state index in [1.165, 1.54) is 0 Å². The standard InChI is InChI=1S/C19H22N2O2/c1-4-14-9-6-7-10-16(14)19(23)21-17-12-8-11-15(13(17)3)18(22)20-5-2/h6-12H,4-5H2,1-3H3,(H,20,22)(H,21,23). The minimum absolute atomic E-state index is 0.130. The van der Waals surface area contributed by atoms with Gasteiger partial charge in [-0.2, -0.15) is 0 Å². The summed E-state index contributed by atoms with van der Waals surface area (Å²) in [5, 5.41) is 5.70. The van der Waals surface area contributed by atoms with E-state index in [-0.39, 0.29) is 11.8 Å². The van der Waals surface area contributed by atoms with Crippen molar-refractivity contribution in [3.05, 3.63) is 64.7 Å². The maximum atomic E-state index is 12.5. The molecule has 2 N–H and O–H groups in total. The highest BCUT2D eigenvalue weighted by atomic mass is 16.2. The van der Waals surface area contributed by atoms with Gasteiger partial charge in [0.2, 0.25) is 0 Å². The first-order chi connectivity index (χ1) is 11.1. The number of amides is 2. The number of benzene rings is 2. The summed E-state index contributed by atoms with van der Waals surface area (Å²) in [6, 6.07) is 12.9. The lowest BCUT2D eigenvalue weighted by molar-refractivity contribution is 0.0953. The van der Waals surface area contributed by atoms with Crippen LogP contribution in [0.25, 0.3) is 0 Å². The lowest BCUT2D eigenvalue weighted by Gasteiger charge is -2.13. The molecule has 4 heteroatoms. The fraction of sp³-hybridized carbons (Fsp3) is 0.263. The predicted octanol–water partition coefficient (Wildman–Crippen LogP) is 3.56. The Labute approximate surface area is 136 Å². The molecule has 0 unspecified atom stereocenters. The van der Waals surface area contributed by atoms with E-state index < -0.39 is 0 Å². The van der Waals surface area contributed by atoms with E-state index in [9.17, 15) is 9.59 Å². The molecule has 0 saturated carbocycles. The van der Waals surface area contributed by atoms with Gasteiger partial charge in [-0.1, -0.05) is 31.2 Å². The number of anilines is 1. The number of rotatable bonds is 5. The van der Waals surface area contributed by atoms with Crippen LogP contribution >= 0.6 is 0 Å². The predicted molar refractivity (Wildman–Crippen MR) is 93.0 cm³/mol. The van der Waals surface area contributed by atoms with Crippen LogP contribution in [0, 0.1) is 6.92 Å². The van der Waals surface area contributed by atoms with E-state index in [0.29, 0.717) is 23.4 Å². The van der Waals surface area contributed by atoms with Gasteiger partial charge in [0.15, 0.2) is 0 Å². The topological polar surface area (TPSA) is 58.2 Å². The van der Waals surface area contributed by atoms with Crippen LogP contribution in [-0.4, -0.2) is 18.4 Å². The minimum atomic E-state index is -0.154. The second-order valence-corrected chi connectivity index (χ2v) is 5.30. The van der Waals surface area contributed by atoms with Gasteiger partial charge in [-0.05, 0) is 49.6 Å². The zero-order valence-corrected chi connectivity index (χ0v) is 13.8. The highest BCUT2D eigenvalue weighted by Crippen LogP contribution is 2.20. The molecule has 0 atom stereocenters. The van der Waals surface area contributed by atoms with Crippen LogP contribution in [0.2, 0.25) is 0 Å². The van der Waals surface area contributed by atoms with E-state index in [2.05, 4.69) is 10.6 Å². The average molecular weight is 310 g/mol. The Morgan fingerprint density at radius 2 is 1.61 bits per heavy atom. The lowest BCUT2D eigenvalue weighted by Crippen LogP contribution is -2.24. The summed E-state index contributed by atoms with van der Waals surface area (Å²) in [6.07, 6.45) is 0.793. The van der Waals surface area contributed by atoms with E-state index in [0.717, 1.165) is 17.5 Å². The Bertz CT molecular complexity index is 723. The lowest BCUT2D eigenvalue weighted by atomic mass is 10.0. The average Bonchev–Trinajstić information content (AvgIpc) is 2.56. The number of carbonyl (C=O) groups is 2. The summed E-state index contributed by atoms with van der Waals surface area (Å²) in [4.78, 5) is 24.6. The molecule has 0 fully saturated rings. The van der Waals surface area contributed by atoms with Gasteiger partial charge in [0, 0.05) is 23.4 Å². The molecule has 0 aromatic heterocycles. The third-order valence-electron chi connectivity index (χ3n) is 3.81. The number of hydrogen-bond acceptors (Lipinski definition) is 2. The highest BCUT2D eigenvalue weighted by Gasteiger charge is 2.14. The summed E-state index contributed by atoms with van der Waals surface area (Å²) >= 11 is 0. The van der Waals surface area contributed by atoms with Gasteiger partial charge < -0.3 is 10.6 Å². The van der Waals surface area contributed by atoms with Gasteiger partial charge >= 0.3 is 0 Å². The first-order valence-corrected chi connectivity index (χ1v) is 7.85. The molecule has 2 rings (SSSR count). The fourth-order valence-electron chi connectivity index (χ4n) is 2.51. The van der Waals surface area contributed by atoms with Crippen LogP contribution in [0.4, 0.5) is 5.69 Å². The molecule has 0 heterocycles. The molecule has 0 radical (unpaired) electrons. The number of carbonyl (C=O) groups excluding carboxylic acids is 2. The van der Waals surface area contributed by atoms with Gasteiger partial charge in [0.1, 0.15) is 0 Å². The van der Waals surface area contributed by atoms with Crippen molar-refractivity contribution in [3.63, 3.8) is 0 Å². The van der Waals surface area contributed by atoms with Gasteiger partial charge in [-0.3, -0.25) is 9.59 Å². The molecule has 4 nitrogen and oxygen atoms in total. The van der Waals surface area contributed by atoms with Crippen molar-refractivity contribution in [2.24, 2.45) is 0 Å². The van der Waals surface area contributed by atoms with Crippen LogP contribution in [0.15, 0.2) is 42.5 Å². The molecule has 0 spiro atoms. The molecule has 0 aliphatic rings. The summed E-state index contributed by atoms with van der Waals surface area (Å²) < 4.78 is 0.